The zero-order valence-electron chi connectivity index (χ0n) is 13.5. The second-order valence-corrected chi connectivity index (χ2v) is 8.91. The zero-order valence-corrected chi connectivity index (χ0v) is 15.1. The normalized spacial score (nSPS) is 18.1. The van der Waals surface area contributed by atoms with Crippen LogP contribution in [-0.2, 0) is 26.5 Å². The molecule has 25 heavy (non-hydrogen) atoms. The largest absolute Gasteiger partial charge is 0.427 e. The third kappa shape index (κ3) is 2.90. The Morgan fingerprint density at radius 3 is 1.88 bits per heavy atom. The smallest absolute Gasteiger partial charge is 0.308 e. The van der Waals surface area contributed by atoms with Gasteiger partial charge in [-0.3, -0.25) is 4.79 Å². The van der Waals surface area contributed by atoms with Crippen LogP contribution in [0.4, 0.5) is 0 Å². The lowest BCUT2D eigenvalue weighted by Gasteiger charge is -2.18. The van der Waals surface area contributed by atoms with Gasteiger partial charge in [-0.05, 0) is 48.5 Å². The zero-order chi connectivity index (χ0) is 17.4. The Kier molecular flexibility index (Phi) is 4.19. The van der Waals surface area contributed by atoms with Gasteiger partial charge in [-0.25, -0.2) is 4.21 Å². The molecule has 0 fully saturated rings. The van der Waals surface area contributed by atoms with E-state index in [4.69, 9.17) is 4.74 Å². The minimum Gasteiger partial charge on any atom is -0.427 e. The Bertz CT molecular complexity index is 931. The van der Waals surface area contributed by atoms with Gasteiger partial charge >= 0.3 is 5.97 Å². The summed E-state index contributed by atoms with van der Waals surface area (Å²) in [6, 6.07) is 23.4. The molecule has 0 saturated heterocycles. The molecule has 124 valence electrons. The number of carbonyl (C=O) groups excluding carboxylic acids is 1. The van der Waals surface area contributed by atoms with Crippen LogP contribution in [0.3, 0.4) is 0 Å². The van der Waals surface area contributed by atoms with Crippen molar-refractivity contribution in [2.24, 2.45) is 0 Å². The van der Waals surface area contributed by atoms with Gasteiger partial charge in [-0.1, -0.05) is 24.3 Å². The second-order valence-electron chi connectivity index (χ2n) is 5.53. The molecule has 4 rings (SSSR count). The van der Waals surface area contributed by atoms with Gasteiger partial charge in [0.25, 0.3) is 0 Å². The Balaban J connectivity index is 1.86. The van der Waals surface area contributed by atoms with Gasteiger partial charge < -0.3 is 4.74 Å². The Labute approximate surface area is 151 Å². The van der Waals surface area contributed by atoms with Crippen LogP contribution in [0.15, 0.2) is 97.3 Å². The highest BCUT2D eigenvalue weighted by Crippen LogP contribution is 2.43. The summed E-state index contributed by atoms with van der Waals surface area (Å²) in [5, 5.41) is 0. The van der Waals surface area contributed by atoms with Crippen LogP contribution in [0.5, 0.6) is 5.75 Å². The Morgan fingerprint density at radius 1 is 0.840 bits per heavy atom. The molecule has 1 aliphatic heterocycles. The van der Waals surface area contributed by atoms with E-state index in [9.17, 15) is 9.00 Å². The van der Waals surface area contributed by atoms with Crippen molar-refractivity contribution in [2.75, 3.05) is 0 Å². The van der Waals surface area contributed by atoms with Crippen LogP contribution in [0.1, 0.15) is 6.92 Å². The van der Waals surface area contributed by atoms with Gasteiger partial charge in [0, 0.05) is 6.92 Å². The van der Waals surface area contributed by atoms with Gasteiger partial charge in [-0.2, -0.15) is 0 Å². The maximum absolute atomic E-state index is 12.9. The van der Waals surface area contributed by atoms with E-state index in [1.165, 1.54) is 6.92 Å². The molecule has 0 spiro atoms. The van der Waals surface area contributed by atoms with Crippen molar-refractivity contribution in [1.82, 2.24) is 0 Å². The predicted octanol–water partition coefficient (Wildman–Crippen LogP) is 4.19. The SMILES string of the molecule is CC(=O)Oc1ccc([S+]2c3ccccc3S(=O)c3ccccc32)cc1. The van der Waals surface area contributed by atoms with Gasteiger partial charge in [0.1, 0.15) is 16.6 Å². The monoisotopic (exact) mass is 367 g/mol. The van der Waals surface area contributed by atoms with Crippen molar-refractivity contribution in [3.05, 3.63) is 72.8 Å². The summed E-state index contributed by atoms with van der Waals surface area (Å²) < 4.78 is 18.0. The third-order valence-corrected chi connectivity index (χ3v) is 7.96. The first kappa shape index (κ1) is 16.1. The van der Waals surface area contributed by atoms with E-state index in [0.29, 0.717) is 5.75 Å². The van der Waals surface area contributed by atoms with Crippen molar-refractivity contribution in [3.8, 4) is 5.75 Å². The molecule has 0 aromatic heterocycles. The van der Waals surface area contributed by atoms with Gasteiger partial charge in [-0.15, -0.1) is 0 Å². The summed E-state index contributed by atoms with van der Waals surface area (Å²) in [6.07, 6.45) is 0. The van der Waals surface area contributed by atoms with Crippen LogP contribution in [0.25, 0.3) is 0 Å². The molecule has 5 heteroatoms. The van der Waals surface area contributed by atoms with Crippen LogP contribution < -0.4 is 4.74 Å². The van der Waals surface area contributed by atoms with Crippen LogP contribution in [-0.4, -0.2) is 10.2 Å². The molecule has 0 N–H and O–H groups in total. The molecule has 3 aromatic carbocycles. The summed E-state index contributed by atoms with van der Waals surface area (Å²) in [6.45, 7) is 1.39. The lowest BCUT2D eigenvalue weighted by molar-refractivity contribution is -0.131. The summed E-state index contributed by atoms with van der Waals surface area (Å²) in [4.78, 5) is 16.1. The highest BCUT2D eigenvalue weighted by Gasteiger charge is 2.40. The lowest BCUT2D eigenvalue weighted by atomic mass is 10.3. The van der Waals surface area contributed by atoms with E-state index in [0.717, 1.165) is 24.5 Å². The highest BCUT2D eigenvalue weighted by molar-refractivity contribution is 7.99. The molecule has 3 aromatic rings. The molecular weight excluding hydrogens is 352 g/mol. The first-order valence-electron chi connectivity index (χ1n) is 7.78. The van der Waals surface area contributed by atoms with Crippen LogP contribution in [0.2, 0.25) is 0 Å². The number of esters is 1. The van der Waals surface area contributed by atoms with Crippen molar-refractivity contribution in [2.45, 2.75) is 31.4 Å². The molecule has 0 aliphatic carbocycles. The van der Waals surface area contributed by atoms with Crippen LogP contribution >= 0.6 is 0 Å². The average Bonchev–Trinajstić information content (AvgIpc) is 2.63. The molecule has 1 aliphatic rings. The molecule has 0 amide bonds. The van der Waals surface area contributed by atoms with Crippen molar-refractivity contribution in [3.63, 3.8) is 0 Å². The minimum atomic E-state index is -1.16. The van der Waals surface area contributed by atoms with Gasteiger partial charge in [0.05, 0.1) is 20.6 Å². The van der Waals surface area contributed by atoms with E-state index >= 15 is 0 Å². The van der Waals surface area contributed by atoms with Gasteiger partial charge in [0.2, 0.25) is 0 Å². The number of ether oxygens (including phenoxy) is 1. The standard InChI is InChI=1S/C20H15O3S2/c1-14(21)23-15-10-12-16(13-11-15)24-17-6-2-4-8-19(17)25(22)20-9-5-3-7-18(20)24/h2-13H,1H3/q+1. The predicted molar refractivity (Wildman–Crippen MR) is 97.5 cm³/mol. The molecule has 0 bridgehead atoms. The lowest BCUT2D eigenvalue weighted by Crippen LogP contribution is -2.16. The third-order valence-electron chi connectivity index (χ3n) is 3.86. The van der Waals surface area contributed by atoms with Crippen molar-refractivity contribution in [1.29, 1.82) is 0 Å². The molecule has 3 nitrogen and oxygen atoms in total. The molecule has 0 saturated carbocycles. The molecule has 0 atom stereocenters. The Hall–Kier alpha value is -2.37. The van der Waals surface area contributed by atoms with E-state index in [1.54, 1.807) is 12.1 Å². The number of benzene rings is 3. The van der Waals surface area contributed by atoms with Crippen molar-refractivity contribution >= 4 is 27.7 Å². The second kappa shape index (κ2) is 6.50. The van der Waals surface area contributed by atoms with E-state index in [2.05, 4.69) is 0 Å². The number of hydrogen-bond acceptors (Lipinski definition) is 3. The fourth-order valence-corrected chi connectivity index (χ4v) is 7.06. The summed E-state index contributed by atoms with van der Waals surface area (Å²) in [5.74, 6) is 0.195. The first-order chi connectivity index (χ1) is 12.1. The van der Waals surface area contributed by atoms with Crippen molar-refractivity contribution < 1.29 is 13.7 Å². The molecular formula is C20H15O3S2+. The molecule has 0 radical (unpaired) electrons. The van der Waals surface area contributed by atoms with Gasteiger partial charge in [0.15, 0.2) is 14.7 Å². The van der Waals surface area contributed by atoms with E-state index in [1.807, 2.05) is 60.7 Å². The fraction of sp³-hybridized carbons (Fsp3) is 0.0500. The molecule has 1 heterocycles. The maximum Gasteiger partial charge on any atom is 0.308 e. The fourth-order valence-electron chi connectivity index (χ4n) is 2.84. The number of hydrogen-bond donors (Lipinski definition) is 0. The average molecular weight is 367 g/mol. The highest BCUT2D eigenvalue weighted by atomic mass is 32.2. The summed E-state index contributed by atoms with van der Waals surface area (Å²) in [5.41, 5.74) is 0. The number of carbonyl (C=O) groups is 1. The minimum absolute atomic E-state index is 0.333. The molecule has 0 unspecified atom stereocenters. The quantitative estimate of drug-likeness (QED) is 0.303. The summed E-state index contributed by atoms with van der Waals surface area (Å²) in [7, 11) is -1.49. The first-order valence-corrected chi connectivity index (χ1v) is 10.2. The Morgan fingerprint density at radius 2 is 1.36 bits per heavy atom. The summed E-state index contributed by atoms with van der Waals surface area (Å²) >= 11 is 0. The van der Waals surface area contributed by atoms with Crippen LogP contribution in [0, 0.1) is 0 Å². The number of rotatable bonds is 2. The van der Waals surface area contributed by atoms with E-state index in [-0.39, 0.29) is 16.9 Å². The topological polar surface area (TPSA) is 43.4 Å². The maximum atomic E-state index is 12.9. The van der Waals surface area contributed by atoms with E-state index < -0.39 is 10.8 Å². The number of fused-ring (bicyclic) bond motifs is 2.